The molecule has 3 heteroatoms. The number of aromatic hydroxyl groups is 1. The minimum atomic E-state index is -1.47. The zero-order valence-corrected chi connectivity index (χ0v) is 11.5. The zero-order valence-electron chi connectivity index (χ0n) is 10.5. The lowest BCUT2D eigenvalue weighted by Crippen LogP contribution is -2.38. The third kappa shape index (κ3) is 1.89. The van der Waals surface area contributed by atoms with E-state index in [0.717, 1.165) is 17.2 Å². The number of rotatable bonds is 2. The van der Waals surface area contributed by atoms with E-state index in [9.17, 15) is 5.11 Å². The summed E-state index contributed by atoms with van der Waals surface area (Å²) in [7, 11) is -1.47. The molecule has 1 aromatic carbocycles. The van der Waals surface area contributed by atoms with Crippen LogP contribution in [0.4, 0.5) is 0 Å². The number of phenolic OH excluding ortho intramolecular Hbond substituents is 1. The first-order valence-corrected chi connectivity index (χ1v) is 9.41. The van der Waals surface area contributed by atoms with E-state index in [1.54, 1.807) is 0 Å². The van der Waals surface area contributed by atoms with Crippen molar-refractivity contribution in [2.45, 2.75) is 45.7 Å². The van der Waals surface area contributed by atoms with Crippen LogP contribution in [0.15, 0.2) is 12.1 Å². The standard InChI is InChI=1S/C13H20O2Si/c1-5-12-10-7-13(16(2,3)4)11(14)6-9(10)8-15-12/h6-7,12,14H,5,8H2,1-4H3. The lowest BCUT2D eigenvalue weighted by molar-refractivity contribution is 0.0636. The Morgan fingerprint density at radius 2 is 2.06 bits per heavy atom. The Hall–Kier alpha value is -0.803. The normalized spacial score (nSPS) is 19.9. The van der Waals surface area contributed by atoms with E-state index in [1.165, 1.54) is 5.56 Å². The maximum absolute atomic E-state index is 10.0. The van der Waals surface area contributed by atoms with Crippen LogP contribution < -0.4 is 5.19 Å². The van der Waals surface area contributed by atoms with Crippen LogP contribution in [0.25, 0.3) is 0 Å². The third-order valence-electron chi connectivity index (χ3n) is 3.22. The van der Waals surface area contributed by atoms with Gasteiger partial charge in [-0.25, -0.2) is 0 Å². The predicted octanol–water partition coefficient (Wildman–Crippen LogP) is 2.92. The van der Waals surface area contributed by atoms with Gasteiger partial charge in [0.15, 0.2) is 0 Å². The molecule has 0 saturated carbocycles. The van der Waals surface area contributed by atoms with Crippen molar-refractivity contribution in [3.8, 4) is 5.75 Å². The average Bonchev–Trinajstić information content (AvgIpc) is 2.56. The second-order valence-corrected chi connectivity index (χ2v) is 10.6. The summed E-state index contributed by atoms with van der Waals surface area (Å²) < 4.78 is 5.70. The average molecular weight is 236 g/mol. The summed E-state index contributed by atoms with van der Waals surface area (Å²) >= 11 is 0. The summed E-state index contributed by atoms with van der Waals surface area (Å²) in [6.45, 7) is 9.55. The molecule has 0 aliphatic carbocycles. The molecule has 0 aromatic heterocycles. The van der Waals surface area contributed by atoms with Crippen LogP contribution >= 0.6 is 0 Å². The fourth-order valence-corrected chi connectivity index (χ4v) is 3.72. The van der Waals surface area contributed by atoms with Crippen molar-refractivity contribution in [2.75, 3.05) is 0 Å². The lowest BCUT2D eigenvalue weighted by atomic mass is 10.0. The van der Waals surface area contributed by atoms with Gasteiger partial charge in [0, 0.05) is 0 Å². The molecule has 2 nitrogen and oxygen atoms in total. The molecule has 1 N–H and O–H groups in total. The van der Waals surface area contributed by atoms with E-state index in [1.807, 2.05) is 6.07 Å². The van der Waals surface area contributed by atoms with E-state index in [4.69, 9.17) is 4.74 Å². The van der Waals surface area contributed by atoms with Gasteiger partial charge in [0.25, 0.3) is 0 Å². The Balaban J connectivity index is 2.51. The largest absolute Gasteiger partial charge is 0.508 e. The van der Waals surface area contributed by atoms with Crippen LogP contribution in [0.1, 0.15) is 30.6 Å². The van der Waals surface area contributed by atoms with Crippen molar-refractivity contribution in [3.05, 3.63) is 23.3 Å². The van der Waals surface area contributed by atoms with Crippen molar-refractivity contribution < 1.29 is 9.84 Å². The maximum atomic E-state index is 10.0. The summed E-state index contributed by atoms with van der Waals surface area (Å²) in [5.41, 5.74) is 2.45. The predicted molar refractivity (Wildman–Crippen MR) is 68.9 cm³/mol. The van der Waals surface area contributed by atoms with Crippen molar-refractivity contribution >= 4 is 13.3 Å². The number of hydrogen-bond donors (Lipinski definition) is 1. The Kier molecular flexibility index (Phi) is 2.84. The van der Waals surface area contributed by atoms with E-state index >= 15 is 0 Å². The van der Waals surface area contributed by atoms with E-state index in [-0.39, 0.29) is 6.10 Å². The van der Waals surface area contributed by atoms with Crippen LogP contribution in [-0.4, -0.2) is 13.2 Å². The summed E-state index contributed by atoms with van der Waals surface area (Å²) in [6.07, 6.45) is 1.23. The van der Waals surface area contributed by atoms with Gasteiger partial charge in [-0.2, -0.15) is 0 Å². The molecule has 0 bridgehead atoms. The Morgan fingerprint density at radius 3 is 2.62 bits per heavy atom. The molecule has 0 fully saturated rings. The van der Waals surface area contributed by atoms with Crippen molar-refractivity contribution in [1.82, 2.24) is 0 Å². The summed E-state index contributed by atoms with van der Waals surface area (Å²) in [4.78, 5) is 0. The smallest absolute Gasteiger partial charge is 0.115 e. The fraction of sp³-hybridized carbons (Fsp3) is 0.538. The quantitative estimate of drug-likeness (QED) is 0.800. The first-order chi connectivity index (χ1) is 7.43. The maximum Gasteiger partial charge on any atom is 0.115 e. The minimum Gasteiger partial charge on any atom is -0.508 e. The summed E-state index contributed by atoms with van der Waals surface area (Å²) in [5, 5.41) is 11.2. The highest BCUT2D eigenvalue weighted by Crippen LogP contribution is 2.34. The zero-order chi connectivity index (χ0) is 11.9. The van der Waals surface area contributed by atoms with Gasteiger partial charge < -0.3 is 9.84 Å². The topological polar surface area (TPSA) is 29.5 Å². The molecule has 1 aliphatic heterocycles. The number of hydrogen-bond acceptors (Lipinski definition) is 2. The molecule has 1 atom stereocenters. The van der Waals surface area contributed by atoms with Gasteiger partial charge in [-0.15, -0.1) is 0 Å². The Bertz CT molecular complexity index is 407. The van der Waals surface area contributed by atoms with Crippen LogP contribution in [0.5, 0.6) is 5.75 Å². The fourth-order valence-electron chi connectivity index (χ4n) is 2.29. The molecule has 1 heterocycles. The second-order valence-electron chi connectivity index (χ2n) is 5.53. The highest BCUT2D eigenvalue weighted by Gasteiger charge is 2.27. The first kappa shape index (κ1) is 11.7. The molecule has 0 radical (unpaired) electrons. The monoisotopic (exact) mass is 236 g/mol. The van der Waals surface area contributed by atoms with Gasteiger partial charge in [-0.1, -0.05) is 32.6 Å². The molecule has 88 valence electrons. The third-order valence-corrected chi connectivity index (χ3v) is 5.24. The molecule has 1 unspecified atom stereocenters. The molecule has 1 aliphatic rings. The Morgan fingerprint density at radius 1 is 1.38 bits per heavy atom. The van der Waals surface area contributed by atoms with Gasteiger partial charge in [0.1, 0.15) is 5.75 Å². The molecular formula is C13H20O2Si. The molecule has 16 heavy (non-hydrogen) atoms. The highest BCUT2D eigenvalue weighted by molar-refractivity contribution is 6.89. The van der Waals surface area contributed by atoms with E-state index < -0.39 is 8.07 Å². The molecule has 0 spiro atoms. The van der Waals surface area contributed by atoms with Gasteiger partial charge in [0.2, 0.25) is 0 Å². The second kappa shape index (κ2) is 3.89. The molecule has 0 amide bonds. The number of benzene rings is 1. The van der Waals surface area contributed by atoms with Gasteiger partial charge in [0.05, 0.1) is 20.8 Å². The van der Waals surface area contributed by atoms with E-state index in [0.29, 0.717) is 12.4 Å². The van der Waals surface area contributed by atoms with E-state index in [2.05, 4.69) is 32.6 Å². The molecule has 0 saturated heterocycles. The SMILES string of the molecule is CCC1OCc2cc(O)c([Si](C)(C)C)cc21. The van der Waals surface area contributed by atoms with Crippen LogP contribution in [0.2, 0.25) is 19.6 Å². The highest BCUT2D eigenvalue weighted by atomic mass is 28.3. The molecule has 1 aromatic rings. The van der Waals surface area contributed by atoms with Crippen molar-refractivity contribution in [1.29, 1.82) is 0 Å². The first-order valence-electron chi connectivity index (χ1n) is 5.91. The van der Waals surface area contributed by atoms with Crippen molar-refractivity contribution in [3.63, 3.8) is 0 Å². The van der Waals surface area contributed by atoms with Crippen LogP contribution in [0.3, 0.4) is 0 Å². The summed E-state index contributed by atoms with van der Waals surface area (Å²) in [5.74, 6) is 0.457. The Labute approximate surface area is 98.3 Å². The lowest BCUT2D eigenvalue weighted by Gasteiger charge is -2.20. The van der Waals surface area contributed by atoms with Gasteiger partial charge >= 0.3 is 0 Å². The minimum absolute atomic E-state index is 0.227. The molecule has 2 rings (SSSR count). The number of fused-ring (bicyclic) bond motifs is 1. The van der Waals surface area contributed by atoms with Gasteiger partial charge in [-0.3, -0.25) is 0 Å². The van der Waals surface area contributed by atoms with Gasteiger partial charge in [-0.05, 0) is 28.8 Å². The van der Waals surface area contributed by atoms with Crippen LogP contribution in [0, 0.1) is 0 Å². The summed E-state index contributed by atoms with van der Waals surface area (Å²) in [6, 6.07) is 4.08. The number of ether oxygens (including phenoxy) is 1. The van der Waals surface area contributed by atoms with Crippen molar-refractivity contribution in [2.24, 2.45) is 0 Å². The van der Waals surface area contributed by atoms with Crippen LogP contribution in [-0.2, 0) is 11.3 Å². The number of phenols is 1. The molecular weight excluding hydrogens is 216 g/mol.